The number of rotatable bonds is 19. The van der Waals surface area contributed by atoms with Gasteiger partial charge in [0.2, 0.25) is 11.9 Å². The van der Waals surface area contributed by atoms with E-state index in [2.05, 4.69) is 20.6 Å². The maximum Gasteiger partial charge on any atom is 0.246 e. The monoisotopic (exact) mass is 532 g/mol. The van der Waals surface area contributed by atoms with Gasteiger partial charge in [-0.2, -0.15) is 5.26 Å². The molecule has 2 rings (SSSR count). The van der Waals surface area contributed by atoms with Crippen LogP contribution >= 0.6 is 0 Å². The SMILES string of the molecule is COCCOCCOCCN(OC1CCCCC1)C(=O)CCCCCCN=C(NC#N)Nc1ccncc1. The molecular weight excluding hydrogens is 488 g/mol. The normalized spacial score (nSPS) is 14.2. The minimum absolute atomic E-state index is 0.00981. The van der Waals surface area contributed by atoms with Crippen LogP contribution in [0.4, 0.5) is 5.69 Å². The second-order valence-corrected chi connectivity index (χ2v) is 9.07. The summed E-state index contributed by atoms with van der Waals surface area (Å²) in [4.78, 5) is 27.4. The third-order valence-electron chi connectivity index (χ3n) is 6.04. The van der Waals surface area contributed by atoms with E-state index in [1.165, 1.54) is 11.5 Å². The lowest BCUT2D eigenvalue weighted by Gasteiger charge is -2.29. The number of hydrogen-bond acceptors (Lipinski definition) is 8. The highest BCUT2D eigenvalue weighted by Crippen LogP contribution is 2.21. The lowest BCUT2D eigenvalue weighted by molar-refractivity contribution is -0.214. The van der Waals surface area contributed by atoms with Crippen LogP contribution in [0.3, 0.4) is 0 Å². The van der Waals surface area contributed by atoms with Gasteiger partial charge in [-0.15, -0.1) is 0 Å². The Balaban J connectivity index is 1.65. The molecule has 212 valence electrons. The summed E-state index contributed by atoms with van der Waals surface area (Å²) in [5.74, 6) is 0.420. The molecule has 0 atom stereocenters. The van der Waals surface area contributed by atoms with Crippen molar-refractivity contribution in [2.24, 2.45) is 4.99 Å². The number of amides is 1. The standard InChI is InChI=1S/C27H44N6O5/c1-35-19-20-37-22-21-36-18-17-33(38-25-9-5-4-6-10-25)26(34)11-7-2-3-8-14-30-27(31-23-28)32-24-12-15-29-16-13-24/h12-13,15-16,25H,2-11,14,17-22H2,1H3,(H2,29,30,31,32). The van der Waals surface area contributed by atoms with Crippen LogP contribution in [0.2, 0.25) is 0 Å². The number of nitriles is 1. The van der Waals surface area contributed by atoms with Gasteiger partial charge >= 0.3 is 0 Å². The van der Waals surface area contributed by atoms with Crippen molar-refractivity contribution >= 4 is 17.6 Å². The number of nitrogens with one attached hydrogen (secondary N) is 2. The highest BCUT2D eigenvalue weighted by atomic mass is 16.7. The lowest BCUT2D eigenvalue weighted by Crippen LogP contribution is -2.38. The Bertz CT molecular complexity index is 814. The van der Waals surface area contributed by atoms with Crippen LogP contribution in [0.15, 0.2) is 29.5 Å². The van der Waals surface area contributed by atoms with Gasteiger partial charge in [0.1, 0.15) is 0 Å². The molecule has 38 heavy (non-hydrogen) atoms. The number of aliphatic imine (C=N–C) groups is 1. The van der Waals surface area contributed by atoms with Crippen LogP contribution in [0.25, 0.3) is 0 Å². The van der Waals surface area contributed by atoms with E-state index in [4.69, 9.17) is 24.3 Å². The molecule has 11 heteroatoms. The number of hydroxylamine groups is 2. The maximum absolute atomic E-state index is 12.9. The average Bonchev–Trinajstić information content (AvgIpc) is 2.94. The molecule has 0 aromatic carbocycles. The summed E-state index contributed by atoms with van der Waals surface area (Å²) < 4.78 is 16.0. The van der Waals surface area contributed by atoms with E-state index in [0.29, 0.717) is 58.5 Å². The third-order valence-corrected chi connectivity index (χ3v) is 6.04. The molecule has 1 fully saturated rings. The Labute approximate surface area is 226 Å². The molecule has 1 aromatic rings. The molecule has 0 bridgehead atoms. The van der Waals surface area contributed by atoms with Crippen LogP contribution in [0.5, 0.6) is 0 Å². The Kier molecular flexibility index (Phi) is 17.5. The van der Waals surface area contributed by atoms with Crippen molar-refractivity contribution in [3.05, 3.63) is 24.5 Å². The van der Waals surface area contributed by atoms with E-state index in [9.17, 15) is 4.79 Å². The maximum atomic E-state index is 12.9. The van der Waals surface area contributed by atoms with Crippen LogP contribution in [-0.2, 0) is 23.8 Å². The van der Waals surface area contributed by atoms with Gasteiger partial charge in [0.25, 0.3) is 0 Å². The number of unbranched alkanes of at least 4 members (excludes halogenated alkanes) is 3. The number of anilines is 1. The van der Waals surface area contributed by atoms with Crippen LogP contribution in [0.1, 0.15) is 64.2 Å². The zero-order valence-electron chi connectivity index (χ0n) is 22.7. The van der Waals surface area contributed by atoms with Crippen LogP contribution in [-0.4, -0.2) is 81.3 Å². The number of hydrogen-bond donors (Lipinski definition) is 2. The van der Waals surface area contributed by atoms with Crippen molar-refractivity contribution in [3.8, 4) is 6.19 Å². The van der Waals surface area contributed by atoms with E-state index in [1.54, 1.807) is 31.6 Å². The fourth-order valence-electron chi connectivity index (χ4n) is 3.99. The minimum Gasteiger partial charge on any atom is -0.382 e. The first-order valence-electron chi connectivity index (χ1n) is 13.7. The molecule has 0 radical (unpaired) electrons. The van der Waals surface area contributed by atoms with E-state index in [0.717, 1.165) is 57.1 Å². The Morgan fingerprint density at radius 3 is 2.50 bits per heavy atom. The van der Waals surface area contributed by atoms with Gasteiger partial charge in [0.05, 0.1) is 45.7 Å². The first-order chi connectivity index (χ1) is 18.7. The van der Waals surface area contributed by atoms with E-state index >= 15 is 0 Å². The molecule has 0 unspecified atom stereocenters. The minimum atomic E-state index is 0.00981. The smallest absolute Gasteiger partial charge is 0.246 e. The zero-order valence-corrected chi connectivity index (χ0v) is 22.7. The van der Waals surface area contributed by atoms with Gasteiger partial charge in [-0.05, 0) is 37.8 Å². The van der Waals surface area contributed by atoms with E-state index < -0.39 is 0 Å². The summed E-state index contributed by atoms with van der Waals surface area (Å²) >= 11 is 0. The fourth-order valence-corrected chi connectivity index (χ4v) is 3.99. The lowest BCUT2D eigenvalue weighted by atomic mass is 9.98. The quantitative estimate of drug-likeness (QED) is 0.0685. The summed E-state index contributed by atoms with van der Waals surface area (Å²) in [6.07, 6.45) is 14.8. The molecule has 1 heterocycles. The Morgan fingerprint density at radius 1 is 1.05 bits per heavy atom. The van der Waals surface area contributed by atoms with Crippen LogP contribution in [0, 0.1) is 11.5 Å². The second-order valence-electron chi connectivity index (χ2n) is 9.07. The highest BCUT2D eigenvalue weighted by Gasteiger charge is 2.21. The molecule has 0 saturated heterocycles. The molecule has 1 amide bonds. The molecule has 1 aliphatic carbocycles. The summed E-state index contributed by atoms with van der Waals surface area (Å²) in [7, 11) is 1.64. The first kappa shape index (κ1) is 31.4. The molecule has 1 aromatic heterocycles. The van der Waals surface area contributed by atoms with Crippen molar-refractivity contribution in [1.29, 1.82) is 5.26 Å². The highest BCUT2D eigenvalue weighted by molar-refractivity contribution is 5.94. The third kappa shape index (κ3) is 14.8. The number of carbonyl (C=O) groups is 1. The van der Waals surface area contributed by atoms with Crippen molar-refractivity contribution in [2.45, 2.75) is 70.3 Å². The fraction of sp³-hybridized carbons (Fsp3) is 0.704. The summed E-state index contributed by atoms with van der Waals surface area (Å²) in [6.45, 7) is 3.49. The second kappa shape index (κ2) is 21.2. The molecule has 1 aliphatic rings. The molecule has 11 nitrogen and oxygen atoms in total. The van der Waals surface area contributed by atoms with Gasteiger partial charge in [-0.1, -0.05) is 32.1 Å². The predicted molar refractivity (Wildman–Crippen MR) is 145 cm³/mol. The summed E-state index contributed by atoms with van der Waals surface area (Å²) in [5, 5.41) is 16.1. The Hall–Kier alpha value is -2.78. The number of guanidine groups is 1. The molecule has 0 aliphatic heterocycles. The van der Waals surface area contributed by atoms with Crippen LogP contribution < -0.4 is 10.6 Å². The first-order valence-corrected chi connectivity index (χ1v) is 13.7. The number of methoxy groups -OCH3 is 1. The molecule has 1 saturated carbocycles. The predicted octanol–water partition coefficient (Wildman–Crippen LogP) is 3.64. The number of aromatic nitrogens is 1. The largest absolute Gasteiger partial charge is 0.382 e. The van der Waals surface area contributed by atoms with E-state index in [-0.39, 0.29) is 12.0 Å². The van der Waals surface area contributed by atoms with E-state index in [1.807, 2.05) is 6.19 Å². The topological polar surface area (TPSA) is 130 Å². The van der Waals surface area contributed by atoms with Crippen molar-refractivity contribution in [3.63, 3.8) is 0 Å². The number of carbonyl (C=O) groups excluding carboxylic acids is 1. The number of pyridine rings is 1. The van der Waals surface area contributed by atoms with Gasteiger partial charge in [-0.3, -0.25) is 24.9 Å². The summed E-state index contributed by atoms with van der Waals surface area (Å²) in [6, 6.07) is 3.61. The Morgan fingerprint density at radius 2 is 1.76 bits per heavy atom. The van der Waals surface area contributed by atoms with Gasteiger partial charge in [-0.25, -0.2) is 5.06 Å². The van der Waals surface area contributed by atoms with Gasteiger partial charge in [0.15, 0.2) is 6.19 Å². The molecular formula is C27H44N6O5. The molecule has 2 N–H and O–H groups in total. The van der Waals surface area contributed by atoms with Crippen molar-refractivity contribution < 1.29 is 23.8 Å². The zero-order chi connectivity index (χ0) is 27.1. The van der Waals surface area contributed by atoms with Gasteiger partial charge < -0.3 is 19.5 Å². The van der Waals surface area contributed by atoms with Crippen molar-refractivity contribution in [2.75, 3.05) is 58.6 Å². The number of ether oxygens (including phenoxy) is 3. The average molecular weight is 533 g/mol. The summed E-state index contributed by atoms with van der Waals surface area (Å²) in [5.41, 5.74) is 0.806. The van der Waals surface area contributed by atoms with Crippen molar-refractivity contribution in [1.82, 2.24) is 15.4 Å². The number of nitrogens with zero attached hydrogens (tertiary/aromatic N) is 4. The molecule has 0 spiro atoms. The van der Waals surface area contributed by atoms with Gasteiger partial charge in [0, 0.05) is 38.2 Å².